The number of rotatable bonds is 13. The maximum Gasteiger partial charge on any atom is 0.265 e. The third-order valence-corrected chi connectivity index (χ3v) is 8.37. The first-order chi connectivity index (χ1) is 22.3. The molecular weight excluding hydrogens is 627 g/mol. The maximum absolute atomic E-state index is 12.7. The minimum absolute atomic E-state index is 0.0598. The van der Waals surface area contributed by atoms with Crippen molar-refractivity contribution in [1.82, 2.24) is 10.6 Å². The molecule has 0 aliphatic carbocycles. The number of benzene rings is 4. The lowest BCUT2D eigenvalue weighted by atomic mass is 9.95. The van der Waals surface area contributed by atoms with E-state index in [-0.39, 0.29) is 25.0 Å². The molecule has 2 amide bonds. The molecular formula is C35H34Cl2N4O5. The van der Waals surface area contributed by atoms with Crippen LogP contribution in [0.4, 0.5) is 11.4 Å². The highest BCUT2D eigenvalue weighted by Gasteiger charge is 2.26. The summed E-state index contributed by atoms with van der Waals surface area (Å²) in [6, 6.07) is 22.9. The van der Waals surface area contributed by atoms with Gasteiger partial charge in [-0.2, -0.15) is 0 Å². The number of aldehydes is 1. The molecule has 46 heavy (non-hydrogen) atoms. The molecule has 11 heteroatoms. The Bertz CT molecular complexity index is 1760. The molecule has 0 bridgehead atoms. The second kappa shape index (κ2) is 15.1. The fraction of sp³-hybridized carbons (Fsp3) is 0.229. The Kier molecular flexibility index (Phi) is 10.8. The van der Waals surface area contributed by atoms with Gasteiger partial charge in [-0.15, -0.1) is 0 Å². The normalized spacial score (nSPS) is 12.3. The third kappa shape index (κ3) is 7.28. The van der Waals surface area contributed by atoms with E-state index < -0.39 is 0 Å². The van der Waals surface area contributed by atoms with Gasteiger partial charge in [0.2, 0.25) is 5.91 Å². The van der Waals surface area contributed by atoms with Gasteiger partial charge in [0.15, 0.2) is 12.9 Å². The molecule has 0 spiro atoms. The zero-order valence-electron chi connectivity index (χ0n) is 25.5. The molecule has 3 N–H and O–H groups in total. The summed E-state index contributed by atoms with van der Waals surface area (Å²) in [5.41, 5.74) is 6.20. The summed E-state index contributed by atoms with van der Waals surface area (Å²) in [6.45, 7) is 3.50. The zero-order chi connectivity index (χ0) is 32.6. The lowest BCUT2D eigenvalue weighted by Gasteiger charge is -2.30. The number of ether oxygens (including phenoxy) is 2. The van der Waals surface area contributed by atoms with Crippen LogP contribution in [0.5, 0.6) is 11.5 Å². The number of nitrogens with one attached hydrogen (secondary N) is 3. The van der Waals surface area contributed by atoms with Crippen molar-refractivity contribution in [2.24, 2.45) is 0 Å². The molecule has 0 fully saturated rings. The first-order valence-electron chi connectivity index (χ1n) is 14.8. The van der Waals surface area contributed by atoms with Crippen LogP contribution in [0, 0.1) is 0 Å². The van der Waals surface area contributed by atoms with Gasteiger partial charge in [0.05, 0.1) is 21.4 Å². The van der Waals surface area contributed by atoms with Crippen LogP contribution in [-0.2, 0) is 14.4 Å². The number of carbonyl (C=O) groups excluding carboxylic acids is 3. The average Bonchev–Trinajstić information content (AvgIpc) is 3.06. The minimum atomic E-state index is -0.124. The van der Waals surface area contributed by atoms with Crippen molar-refractivity contribution >= 4 is 52.7 Å². The fourth-order valence-electron chi connectivity index (χ4n) is 5.33. The van der Waals surface area contributed by atoms with Crippen LogP contribution < -0.4 is 30.3 Å². The first-order valence-corrected chi connectivity index (χ1v) is 15.6. The molecule has 4 aromatic rings. The molecule has 0 saturated heterocycles. The van der Waals surface area contributed by atoms with E-state index in [1.807, 2.05) is 72.8 Å². The third-order valence-electron chi connectivity index (χ3n) is 7.56. The van der Waals surface area contributed by atoms with Gasteiger partial charge in [-0.3, -0.25) is 14.4 Å². The number of amides is 2. The number of anilines is 2. The van der Waals surface area contributed by atoms with Gasteiger partial charge < -0.3 is 30.3 Å². The number of halogens is 2. The largest absolute Gasteiger partial charge is 0.484 e. The highest BCUT2D eigenvalue weighted by molar-refractivity contribution is 6.39. The summed E-state index contributed by atoms with van der Waals surface area (Å²) >= 11 is 14.1. The van der Waals surface area contributed by atoms with Crippen LogP contribution in [0.3, 0.4) is 0 Å². The van der Waals surface area contributed by atoms with Crippen LogP contribution in [0.1, 0.15) is 6.92 Å². The number of hydrogen-bond acceptors (Lipinski definition) is 7. The van der Waals surface area contributed by atoms with Crippen LogP contribution >= 0.6 is 23.2 Å². The van der Waals surface area contributed by atoms with E-state index in [1.54, 1.807) is 11.9 Å². The van der Waals surface area contributed by atoms with E-state index >= 15 is 0 Å². The van der Waals surface area contributed by atoms with Crippen molar-refractivity contribution in [3.05, 3.63) is 82.8 Å². The highest BCUT2D eigenvalue weighted by atomic mass is 35.5. The van der Waals surface area contributed by atoms with E-state index in [4.69, 9.17) is 32.7 Å². The summed E-state index contributed by atoms with van der Waals surface area (Å²) in [4.78, 5) is 36.4. The number of carbonyl (C=O) groups is 3. The van der Waals surface area contributed by atoms with Gasteiger partial charge in [0.25, 0.3) is 5.91 Å². The fourth-order valence-corrected chi connectivity index (χ4v) is 6.00. The summed E-state index contributed by atoms with van der Waals surface area (Å²) in [6.07, 6.45) is 0.705. The summed E-state index contributed by atoms with van der Waals surface area (Å²) in [7, 11) is 1.78. The van der Waals surface area contributed by atoms with E-state index in [0.717, 1.165) is 39.1 Å². The quantitative estimate of drug-likeness (QED) is 0.118. The van der Waals surface area contributed by atoms with Crippen LogP contribution in [0.25, 0.3) is 33.4 Å². The van der Waals surface area contributed by atoms with Gasteiger partial charge in [0, 0.05) is 62.4 Å². The second-order valence-corrected chi connectivity index (χ2v) is 11.3. The Balaban J connectivity index is 1.41. The predicted octanol–water partition coefficient (Wildman–Crippen LogP) is 6.06. The minimum Gasteiger partial charge on any atom is -0.484 e. The Morgan fingerprint density at radius 2 is 1.57 bits per heavy atom. The molecule has 0 radical (unpaired) electrons. The smallest absolute Gasteiger partial charge is 0.265 e. The van der Waals surface area contributed by atoms with Gasteiger partial charge in [-0.1, -0.05) is 71.7 Å². The SMILES string of the molecule is CNc1ccc(-c2cccc(-c3cccc(-c4ccc5c(c4)OCC(=O)N5CCNCCNC(C)=O)c3Cl)c2Cl)cc1OCC=O. The lowest BCUT2D eigenvalue weighted by Crippen LogP contribution is -2.43. The summed E-state index contributed by atoms with van der Waals surface area (Å²) in [5, 5.41) is 10.1. The summed E-state index contributed by atoms with van der Waals surface area (Å²) in [5.74, 6) is 0.933. The molecule has 1 heterocycles. The van der Waals surface area contributed by atoms with Crippen molar-refractivity contribution in [3.63, 3.8) is 0 Å². The van der Waals surface area contributed by atoms with Crippen LogP contribution in [-0.4, -0.2) is 64.5 Å². The van der Waals surface area contributed by atoms with E-state index in [1.165, 1.54) is 6.92 Å². The van der Waals surface area contributed by atoms with Gasteiger partial charge in [0.1, 0.15) is 18.1 Å². The zero-order valence-corrected chi connectivity index (χ0v) is 27.0. The monoisotopic (exact) mass is 660 g/mol. The van der Waals surface area contributed by atoms with Crippen molar-refractivity contribution in [1.29, 1.82) is 0 Å². The van der Waals surface area contributed by atoms with Crippen LogP contribution in [0.15, 0.2) is 72.8 Å². The lowest BCUT2D eigenvalue weighted by molar-refractivity contribution is -0.121. The van der Waals surface area contributed by atoms with Gasteiger partial charge >= 0.3 is 0 Å². The molecule has 5 rings (SSSR count). The molecule has 0 atom stereocenters. The molecule has 0 saturated carbocycles. The molecule has 0 aromatic heterocycles. The van der Waals surface area contributed by atoms with E-state index in [2.05, 4.69) is 16.0 Å². The van der Waals surface area contributed by atoms with Gasteiger partial charge in [-0.05, 0) is 35.4 Å². The Labute approximate surface area is 277 Å². The Morgan fingerprint density at radius 3 is 2.22 bits per heavy atom. The Hall–Kier alpha value is -4.57. The Morgan fingerprint density at radius 1 is 0.913 bits per heavy atom. The molecule has 1 aliphatic rings. The van der Waals surface area contributed by atoms with Crippen molar-refractivity contribution < 1.29 is 23.9 Å². The van der Waals surface area contributed by atoms with Crippen molar-refractivity contribution in [2.45, 2.75) is 6.92 Å². The predicted molar refractivity (Wildman–Crippen MR) is 183 cm³/mol. The molecule has 9 nitrogen and oxygen atoms in total. The molecule has 4 aromatic carbocycles. The maximum atomic E-state index is 12.7. The van der Waals surface area contributed by atoms with Crippen molar-refractivity contribution in [2.75, 3.05) is 56.7 Å². The number of hydrogen-bond donors (Lipinski definition) is 3. The highest BCUT2D eigenvalue weighted by Crippen LogP contribution is 2.44. The second-order valence-electron chi connectivity index (χ2n) is 10.5. The van der Waals surface area contributed by atoms with Gasteiger partial charge in [-0.25, -0.2) is 0 Å². The summed E-state index contributed by atoms with van der Waals surface area (Å²) < 4.78 is 11.5. The van der Waals surface area contributed by atoms with E-state index in [0.29, 0.717) is 59.7 Å². The van der Waals surface area contributed by atoms with E-state index in [9.17, 15) is 14.4 Å². The van der Waals surface area contributed by atoms with Crippen LogP contribution in [0.2, 0.25) is 10.0 Å². The topological polar surface area (TPSA) is 109 Å². The van der Waals surface area contributed by atoms with Crippen molar-refractivity contribution in [3.8, 4) is 44.9 Å². The number of nitrogens with zero attached hydrogens (tertiary/aromatic N) is 1. The molecule has 0 unspecified atom stereocenters. The number of fused-ring (bicyclic) bond motifs is 1. The molecule has 238 valence electrons. The molecule has 1 aliphatic heterocycles. The standard InChI is InChI=1S/C35H34Cl2N4O5/c1-22(43)40-14-13-39-15-16-41-30-12-10-24(20-32(30)46-21-33(41)44)26-6-4-8-28(35(26)37)27-7-3-5-25(34(27)36)23-9-11-29(38-2)31(19-23)45-18-17-42/h3-12,17,19-20,38-39H,13-16,18,21H2,1-2H3,(H,40,43). The average molecular weight is 662 g/mol. The first kappa shape index (κ1) is 32.8.